The normalized spacial score (nSPS) is 15.3. The molecule has 0 saturated carbocycles. The number of nitrogens with zero attached hydrogens (tertiary/aromatic N) is 4. The van der Waals surface area contributed by atoms with E-state index in [0.717, 1.165) is 11.4 Å². The fourth-order valence-corrected chi connectivity index (χ4v) is 2.72. The molecule has 1 saturated heterocycles. The number of hydrogen-bond donors (Lipinski definition) is 3. The third kappa shape index (κ3) is 6.26. The van der Waals surface area contributed by atoms with E-state index in [4.69, 9.17) is 21.7 Å². The van der Waals surface area contributed by atoms with Crippen molar-refractivity contribution in [2.75, 3.05) is 43.4 Å². The van der Waals surface area contributed by atoms with Gasteiger partial charge in [-0.3, -0.25) is 5.41 Å². The number of piperazine rings is 1. The summed E-state index contributed by atoms with van der Waals surface area (Å²) in [5.41, 5.74) is 1.05. The quantitative estimate of drug-likeness (QED) is 0.398. The lowest BCUT2D eigenvalue weighted by Gasteiger charge is -2.37. The second-order valence-corrected chi connectivity index (χ2v) is 7.78. The van der Waals surface area contributed by atoms with Crippen molar-refractivity contribution < 1.29 is 9.53 Å². The fourth-order valence-electron chi connectivity index (χ4n) is 2.59. The maximum atomic E-state index is 12.2. The molecule has 0 radical (unpaired) electrons. The summed E-state index contributed by atoms with van der Waals surface area (Å²) in [6.07, 6.45) is 2.97. The van der Waals surface area contributed by atoms with Crippen LogP contribution < -0.4 is 15.5 Å². The molecule has 0 spiro atoms. The molecule has 0 bridgehead atoms. The zero-order valence-corrected chi connectivity index (χ0v) is 17.7. The number of rotatable bonds is 4. The number of ether oxygens (including phenoxy) is 1. The summed E-state index contributed by atoms with van der Waals surface area (Å²) < 4.78 is 5.43. The summed E-state index contributed by atoms with van der Waals surface area (Å²) in [7, 11) is 1.79. The van der Waals surface area contributed by atoms with Gasteiger partial charge in [0, 0.05) is 38.9 Å². The van der Waals surface area contributed by atoms with Crippen molar-refractivity contribution in [3.8, 4) is 0 Å². The lowest BCUT2D eigenvalue weighted by Crippen LogP contribution is -2.50. The Bertz CT molecular complexity index is 753. The summed E-state index contributed by atoms with van der Waals surface area (Å²) in [6, 6.07) is 0. The highest BCUT2D eigenvalue weighted by Crippen LogP contribution is 2.26. The molecule has 0 atom stereocenters. The molecule has 28 heavy (non-hydrogen) atoms. The topological polar surface area (TPSA) is 106 Å². The molecule has 0 unspecified atom stereocenters. The molecular weight excluding hydrogens is 382 g/mol. The van der Waals surface area contributed by atoms with E-state index in [1.165, 1.54) is 0 Å². The summed E-state index contributed by atoms with van der Waals surface area (Å²) >= 11 is 5.95. The number of allylic oxidation sites excluding steroid dienone is 1. The maximum absolute atomic E-state index is 12.2. The molecule has 3 N–H and O–H groups in total. The van der Waals surface area contributed by atoms with Gasteiger partial charge in [-0.15, -0.1) is 0 Å². The Labute approximate surface area is 170 Å². The van der Waals surface area contributed by atoms with Crippen LogP contribution in [0, 0.1) is 5.41 Å². The molecule has 1 aliphatic rings. The Morgan fingerprint density at radius 2 is 1.96 bits per heavy atom. The lowest BCUT2D eigenvalue weighted by atomic mass is 10.2. The van der Waals surface area contributed by atoms with Crippen LogP contribution in [0.5, 0.6) is 0 Å². The van der Waals surface area contributed by atoms with Crippen LogP contribution in [0.25, 0.3) is 0 Å². The van der Waals surface area contributed by atoms with Gasteiger partial charge in [-0.25, -0.2) is 9.78 Å². The molecule has 0 aromatic carbocycles. The van der Waals surface area contributed by atoms with Gasteiger partial charge in [0.05, 0.1) is 11.9 Å². The molecule has 0 aliphatic carbocycles. The molecule has 1 aliphatic heterocycles. The molecule has 1 aromatic rings. The summed E-state index contributed by atoms with van der Waals surface area (Å²) in [4.78, 5) is 24.3. The standard InChI is InChI=1S/C18H28ClN7O2/c1-12(21-5)10-14(20)23-15-13(11-22-16(19)24-15)25-6-8-26(9-7-25)17(27)28-18(2,3)4/h10-11,21H,6-9H2,1-5H3,(H2,20,22,23,24)/b12-10-. The van der Waals surface area contributed by atoms with Crippen LogP contribution in [-0.2, 0) is 4.74 Å². The summed E-state index contributed by atoms with van der Waals surface area (Å²) in [5, 5.41) is 14.1. The number of nitrogens with one attached hydrogen (secondary N) is 3. The van der Waals surface area contributed by atoms with Gasteiger partial charge in [0.2, 0.25) is 5.28 Å². The van der Waals surface area contributed by atoms with E-state index in [0.29, 0.717) is 32.0 Å². The van der Waals surface area contributed by atoms with Crippen LogP contribution in [0.4, 0.5) is 16.3 Å². The summed E-state index contributed by atoms with van der Waals surface area (Å²) in [5.74, 6) is 0.631. The van der Waals surface area contributed by atoms with E-state index in [2.05, 4.69) is 25.5 Å². The van der Waals surface area contributed by atoms with Crippen LogP contribution in [0.15, 0.2) is 18.0 Å². The van der Waals surface area contributed by atoms with Crippen LogP contribution in [-0.4, -0.2) is 65.6 Å². The lowest BCUT2D eigenvalue weighted by molar-refractivity contribution is 0.0240. The van der Waals surface area contributed by atoms with E-state index in [-0.39, 0.29) is 17.2 Å². The molecule has 2 rings (SSSR count). The number of halogens is 1. The van der Waals surface area contributed by atoms with E-state index >= 15 is 0 Å². The number of hydrogen-bond acceptors (Lipinski definition) is 7. The molecule has 1 fully saturated rings. The first-order valence-electron chi connectivity index (χ1n) is 9.06. The number of amidine groups is 1. The molecular formula is C18H28ClN7O2. The van der Waals surface area contributed by atoms with Crippen LogP contribution >= 0.6 is 11.6 Å². The number of carbonyl (C=O) groups excluding carboxylic acids is 1. The van der Waals surface area contributed by atoms with Gasteiger partial charge in [-0.1, -0.05) is 0 Å². The van der Waals surface area contributed by atoms with Gasteiger partial charge >= 0.3 is 6.09 Å². The van der Waals surface area contributed by atoms with E-state index in [1.54, 1.807) is 24.2 Å². The van der Waals surface area contributed by atoms with Crippen LogP contribution in [0.2, 0.25) is 5.28 Å². The van der Waals surface area contributed by atoms with Gasteiger partial charge in [0.15, 0.2) is 5.82 Å². The third-order valence-corrected chi connectivity index (χ3v) is 4.20. The predicted molar refractivity (Wildman–Crippen MR) is 111 cm³/mol. The van der Waals surface area contributed by atoms with Crippen molar-refractivity contribution in [1.82, 2.24) is 20.2 Å². The number of amides is 1. The number of aromatic nitrogens is 2. The zero-order valence-electron chi connectivity index (χ0n) is 17.0. The van der Waals surface area contributed by atoms with E-state index < -0.39 is 5.60 Å². The monoisotopic (exact) mass is 409 g/mol. The molecule has 10 heteroatoms. The first-order chi connectivity index (χ1) is 13.1. The maximum Gasteiger partial charge on any atom is 0.410 e. The Hall–Kier alpha value is -2.55. The number of carbonyl (C=O) groups is 1. The second-order valence-electron chi connectivity index (χ2n) is 7.44. The SMILES string of the molecule is CN/C(C)=C\C(=N)Nc1nc(Cl)ncc1N1CCN(C(=O)OC(C)(C)C)CC1. The number of anilines is 2. The highest BCUT2D eigenvalue weighted by molar-refractivity contribution is 6.28. The Kier molecular flexibility index (Phi) is 7.06. The second kappa shape index (κ2) is 9.09. The van der Waals surface area contributed by atoms with Crippen molar-refractivity contribution in [3.05, 3.63) is 23.3 Å². The zero-order chi connectivity index (χ0) is 20.9. The minimum atomic E-state index is -0.519. The average molecular weight is 410 g/mol. The van der Waals surface area contributed by atoms with Crippen LogP contribution in [0.1, 0.15) is 27.7 Å². The first-order valence-corrected chi connectivity index (χ1v) is 9.44. The van der Waals surface area contributed by atoms with Crippen molar-refractivity contribution in [2.45, 2.75) is 33.3 Å². The van der Waals surface area contributed by atoms with Crippen molar-refractivity contribution in [1.29, 1.82) is 5.41 Å². The molecule has 2 heterocycles. The van der Waals surface area contributed by atoms with Crippen molar-refractivity contribution >= 4 is 35.0 Å². The average Bonchev–Trinajstić information content (AvgIpc) is 2.60. The van der Waals surface area contributed by atoms with Crippen molar-refractivity contribution in [3.63, 3.8) is 0 Å². The van der Waals surface area contributed by atoms with Gasteiger partial charge in [-0.2, -0.15) is 4.98 Å². The van der Waals surface area contributed by atoms with E-state index in [9.17, 15) is 4.79 Å². The largest absolute Gasteiger partial charge is 0.444 e. The highest BCUT2D eigenvalue weighted by Gasteiger charge is 2.27. The predicted octanol–water partition coefficient (Wildman–Crippen LogP) is 2.70. The van der Waals surface area contributed by atoms with Gasteiger partial charge in [-0.05, 0) is 45.4 Å². The first kappa shape index (κ1) is 21.7. The molecule has 1 amide bonds. The smallest absolute Gasteiger partial charge is 0.410 e. The fraction of sp³-hybridized carbons (Fsp3) is 0.556. The Morgan fingerprint density at radius 1 is 1.32 bits per heavy atom. The van der Waals surface area contributed by atoms with Crippen LogP contribution in [0.3, 0.4) is 0 Å². The van der Waals surface area contributed by atoms with Gasteiger partial charge < -0.3 is 25.2 Å². The third-order valence-electron chi connectivity index (χ3n) is 4.02. The van der Waals surface area contributed by atoms with Crippen molar-refractivity contribution in [2.24, 2.45) is 0 Å². The highest BCUT2D eigenvalue weighted by atomic mass is 35.5. The summed E-state index contributed by atoms with van der Waals surface area (Å²) in [6.45, 7) is 9.64. The molecule has 154 valence electrons. The minimum absolute atomic E-state index is 0.0979. The molecule has 9 nitrogen and oxygen atoms in total. The Balaban J connectivity index is 2.08. The minimum Gasteiger partial charge on any atom is -0.444 e. The Morgan fingerprint density at radius 3 is 2.54 bits per heavy atom. The molecule has 1 aromatic heterocycles. The van der Waals surface area contributed by atoms with Gasteiger partial charge in [0.1, 0.15) is 11.4 Å². The van der Waals surface area contributed by atoms with Gasteiger partial charge in [0.25, 0.3) is 0 Å². The van der Waals surface area contributed by atoms with E-state index in [1.807, 2.05) is 27.7 Å².